The number of fused-ring (bicyclic) bond motifs is 1. The summed E-state index contributed by atoms with van der Waals surface area (Å²) in [6.45, 7) is -0.0195. The minimum absolute atomic E-state index is 0.0195. The van der Waals surface area contributed by atoms with Gasteiger partial charge in [0.15, 0.2) is 5.65 Å². The zero-order valence-corrected chi connectivity index (χ0v) is 9.55. The van der Waals surface area contributed by atoms with Crippen LogP contribution in [-0.4, -0.2) is 42.5 Å². The minimum Gasteiger partial charge on any atom is -0.393 e. The molecule has 2 atom stereocenters. The highest BCUT2D eigenvalue weighted by Crippen LogP contribution is 2.35. The lowest BCUT2D eigenvalue weighted by Gasteiger charge is -2.08. The van der Waals surface area contributed by atoms with Crippen LogP contribution in [-0.2, 0) is 4.74 Å². The van der Waals surface area contributed by atoms with Gasteiger partial charge in [0.2, 0.25) is 0 Å². The molecule has 3 rings (SSSR count). The number of aliphatic hydroxyl groups excluding tert-OH is 1. The molecule has 0 saturated carbocycles. The fourth-order valence-electron chi connectivity index (χ4n) is 1.78. The average Bonchev–Trinajstić information content (AvgIpc) is 2.94. The number of H-pyrrole nitrogens is 1. The summed E-state index contributed by atoms with van der Waals surface area (Å²) < 4.78 is 6.81. The maximum atomic E-state index is 11.4. The SMILES string of the molecule is O=c1[nH]cnc2c(C3CSC(CO)O3)cnn12. The Morgan fingerprint density at radius 2 is 2.59 bits per heavy atom. The van der Waals surface area contributed by atoms with E-state index in [0.29, 0.717) is 5.65 Å². The van der Waals surface area contributed by atoms with E-state index in [1.54, 1.807) is 6.20 Å². The lowest BCUT2D eigenvalue weighted by molar-refractivity contribution is 0.0350. The van der Waals surface area contributed by atoms with Crippen molar-refractivity contribution in [1.82, 2.24) is 19.6 Å². The smallest absolute Gasteiger partial charge is 0.349 e. The normalized spacial score (nSPS) is 24.5. The zero-order chi connectivity index (χ0) is 11.8. The van der Waals surface area contributed by atoms with E-state index >= 15 is 0 Å². The predicted molar refractivity (Wildman–Crippen MR) is 60.8 cm³/mol. The number of thioether (sulfide) groups is 1. The number of hydrogen-bond acceptors (Lipinski definition) is 6. The summed E-state index contributed by atoms with van der Waals surface area (Å²) in [4.78, 5) is 18.0. The summed E-state index contributed by atoms with van der Waals surface area (Å²) in [5, 5.41) is 13.0. The van der Waals surface area contributed by atoms with E-state index in [1.165, 1.54) is 22.6 Å². The van der Waals surface area contributed by atoms with E-state index in [0.717, 1.165) is 11.3 Å². The molecule has 7 nitrogen and oxygen atoms in total. The number of nitrogens with one attached hydrogen (secondary N) is 1. The zero-order valence-electron chi connectivity index (χ0n) is 8.74. The number of aromatic nitrogens is 4. The van der Waals surface area contributed by atoms with Crippen LogP contribution in [0.2, 0.25) is 0 Å². The summed E-state index contributed by atoms with van der Waals surface area (Å²) in [5.74, 6) is 0.723. The Morgan fingerprint density at radius 1 is 1.71 bits per heavy atom. The molecule has 0 radical (unpaired) electrons. The van der Waals surface area contributed by atoms with Gasteiger partial charge in [0.25, 0.3) is 0 Å². The maximum Gasteiger partial charge on any atom is 0.349 e. The first-order valence-electron chi connectivity index (χ1n) is 5.09. The molecule has 0 spiro atoms. The fraction of sp³-hybridized carbons (Fsp3) is 0.444. The molecule has 1 saturated heterocycles. The van der Waals surface area contributed by atoms with Crippen LogP contribution in [0.15, 0.2) is 17.3 Å². The Balaban J connectivity index is 2.02. The monoisotopic (exact) mass is 254 g/mol. The average molecular weight is 254 g/mol. The third-order valence-electron chi connectivity index (χ3n) is 2.58. The molecular weight excluding hydrogens is 244 g/mol. The Labute approximate surface area is 99.8 Å². The number of nitrogens with zero attached hydrogens (tertiary/aromatic N) is 3. The Hall–Kier alpha value is -1.38. The van der Waals surface area contributed by atoms with Gasteiger partial charge in [-0.3, -0.25) is 4.98 Å². The second-order valence-electron chi connectivity index (χ2n) is 3.61. The Bertz CT molecular complexity index is 595. The van der Waals surface area contributed by atoms with Crippen molar-refractivity contribution in [2.24, 2.45) is 0 Å². The van der Waals surface area contributed by atoms with Gasteiger partial charge in [-0.1, -0.05) is 0 Å². The molecule has 2 aromatic rings. The van der Waals surface area contributed by atoms with Crippen LogP contribution in [0.25, 0.3) is 5.65 Å². The highest BCUT2D eigenvalue weighted by Gasteiger charge is 2.29. The van der Waals surface area contributed by atoms with Gasteiger partial charge in [-0.2, -0.15) is 9.61 Å². The van der Waals surface area contributed by atoms with E-state index in [-0.39, 0.29) is 23.8 Å². The van der Waals surface area contributed by atoms with Gasteiger partial charge in [0, 0.05) is 11.3 Å². The molecule has 1 fully saturated rings. The third kappa shape index (κ3) is 1.74. The van der Waals surface area contributed by atoms with Crippen LogP contribution in [0.5, 0.6) is 0 Å². The van der Waals surface area contributed by atoms with Crippen LogP contribution in [0.4, 0.5) is 0 Å². The van der Waals surface area contributed by atoms with Crippen LogP contribution >= 0.6 is 11.8 Å². The number of hydrogen-bond donors (Lipinski definition) is 2. The van der Waals surface area contributed by atoms with Crippen molar-refractivity contribution in [2.75, 3.05) is 12.4 Å². The topological polar surface area (TPSA) is 92.5 Å². The van der Waals surface area contributed by atoms with Crippen molar-refractivity contribution in [3.8, 4) is 0 Å². The summed E-state index contributed by atoms with van der Waals surface area (Å²) >= 11 is 1.54. The maximum absolute atomic E-state index is 11.4. The molecule has 0 amide bonds. The largest absolute Gasteiger partial charge is 0.393 e. The van der Waals surface area contributed by atoms with E-state index in [2.05, 4.69) is 15.1 Å². The van der Waals surface area contributed by atoms with E-state index in [1.807, 2.05) is 0 Å². The molecule has 2 aromatic heterocycles. The van der Waals surface area contributed by atoms with Gasteiger partial charge >= 0.3 is 5.69 Å². The first kappa shape index (κ1) is 10.8. The van der Waals surface area contributed by atoms with E-state index in [9.17, 15) is 4.79 Å². The number of rotatable bonds is 2. The van der Waals surface area contributed by atoms with Gasteiger partial charge < -0.3 is 9.84 Å². The minimum atomic E-state index is -0.328. The quantitative estimate of drug-likeness (QED) is 0.753. The van der Waals surface area contributed by atoms with Crippen LogP contribution in [0.1, 0.15) is 11.7 Å². The first-order valence-corrected chi connectivity index (χ1v) is 6.13. The lowest BCUT2D eigenvalue weighted by Crippen LogP contribution is -2.17. The predicted octanol–water partition coefficient (Wildman–Crippen LogP) is -0.460. The molecule has 90 valence electrons. The molecule has 17 heavy (non-hydrogen) atoms. The molecule has 3 heterocycles. The molecule has 0 aromatic carbocycles. The van der Waals surface area contributed by atoms with E-state index < -0.39 is 0 Å². The van der Waals surface area contributed by atoms with Gasteiger partial charge in [-0.05, 0) is 0 Å². The van der Waals surface area contributed by atoms with E-state index in [4.69, 9.17) is 9.84 Å². The second kappa shape index (κ2) is 4.13. The molecule has 1 aliphatic heterocycles. The van der Waals surface area contributed by atoms with Crippen molar-refractivity contribution < 1.29 is 9.84 Å². The lowest BCUT2D eigenvalue weighted by atomic mass is 10.2. The Kier molecular flexibility index (Phi) is 2.61. The highest BCUT2D eigenvalue weighted by atomic mass is 32.2. The second-order valence-corrected chi connectivity index (χ2v) is 4.81. The van der Waals surface area contributed by atoms with Crippen LogP contribution in [0, 0.1) is 0 Å². The molecule has 2 N–H and O–H groups in total. The van der Waals surface area contributed by atoms with Gasteiger partial charge in [0.05, 0.1) is 25.2 Å². The first-order chi connectivity index (χ1) is 8.29. The number of aliphatic hydroxyl groups is 1. The molecule has 2 unspecified atom stereocenters. The van der Waals surface area contributed by atoms with Crippen molar-refractivity contribution in [3.05, 3.63) is 28.6 Å². The highest BCUT2D eigenvalue weighted by molar-refractivity contribution is 8.00. The third-order valence-corrected chi connectivity index (χ3v) is 3.71. The standard InChI is InChI=1S/C9H10N4O3S/c14-2-7-16-6(3-17-7)5-1-12-13-8(5)10-4-11-9(13)15/h1,4,6-7,14H,2-3H2,(H,10,11,15). The number of aromatic amines is 1. The Morgan fingerprint density at radius 3 is 3.35 bits per heavy atom. The summed E-state index contributed by atoms with van der Waals surface area (Å²) in [6, 6.07) is 0. The molecule has 8 heteroatoms. The van der Waals surface area contributed by atoms with Crippen LogP contribution in [0.3, 0.4) is 0 Å². The summed E-state index contributed by atoms with van der Waals surface area (Å²) in [5.41, 5.74) is 0.736. The molecule has 0 bridgehead atoms. The van der Waals surface area contributed by atoms with Crippen molar-refractivity contribution >= 4 is 17.4 Å². The molecule has 0 aliphatic carbocycles. The fourth-order valence-corrected chi connectivity index (χ4v) is 2.75. The summed E-state index contributed by atoms with van der Waals surface area (Å²) in [6.07, 6.45) is 2.75. The molecule has 1 aliphatic rings. The van der Waals surface area contributed by atoms with Gasteiger partial charge in [-0.25, -0.2) is 9.78 Å². The van der Waals surface area contributed by atoms with Crippen molar-refractivity contribution in [3.63, 3.8) is 0 Å². The van der Waals surface area contributed by atoms with Crippen molar-refractivity contribution in [2.45, 2.75) is 11.5 Å². The van der Waals surface area contributed by atoms with Crippen molar-refractivity contribution in [1.29, 1.82) is 0 Å². The summed E-state index contributed by atoms with van der Waals surface area (Å²) in [7, 11) is 0. The van der Waals surface area contributed by atoms with Gasteiger partial charge in [0.1, 0.15) is 5.44 Å². The number of ether oxygens (including phenoxy) is 1. The molecular formula is C9H10N4O3S. The van der Waals surface area contributed by atoms with Gasteiger partial charge in [-0.15, -0.1) is 11.8 Å². The van der Waals surface area contributed by atoms with Crippen LogP contribution < -0.4 is 5.69 Å².